The molecule has 0 radical (unpaired) electrons. The van der Waals surface area contributed by atoms with Gasteiger partial charge in [-0.2, -0.15) is 0 Å². The quantitative estimate of drug-likeness (QED) is 0.579. The molecule has 30 heavy (non-hydrogen) atoms. The predicted molar refractivity (Wildman–Crippen MR) is 118 cm³/mol. The molecule has 2 aromatic carbocycles. The van der Waals surface area contributed by atoms with Gasteiger partial charge in [0.25, 0.3) is 0 Å². The van der Waals surface area contributed by atoms with Crippen LogP contribution in [-0.2, 0) is 14.8 Å². The minimum Gasteiger partial charge on any atom is -0.325 e. The van der Waals surface area contributed by atoms with E-state index >= 15 is 0 Å². The number of hydrogen-bond acceptors (Lipinski definition) is 5. The number of carbonyl (C=O) groups is 1. The van der Waals surface area contributed by atoms with Crippen molar-refractivity contribution in [1.29, 1.82) is 0 Å². The van der Waals surface area contributed by atoms with E-state index in [9.17, 15) is 17.6 Å². The number of nitrogens with one attached hydrogen (secondary N) is 1. The van der Waals surface area contributed by atoms with Gasteiger partial charge in [0.1, 0.15) is 5.82 Å². The summed E-state index contributed by atoms with van der Waals surface area (Å²) >= 11 is 1.28. The number of hydrogen-bond donors (Lipinski definition) is 1. The zero-order chi connectivity index (χ0) is 22.1. The summed E-state index contributed by atoms with van der Waals surface area (Å²) in [5, 5.41) is 4.17. The molecule has 0 spiro atoms. The van der Waals surface area contributed by atoms with Crippen molar-refractivity contribution in [3.05, 3.63) is 59.4 Å². The lowest BCUT2D eigenvalue weighted by atomic mass is 10.1. The molecule has 0 saturated heterocycles. The summed E-state index contributed by atoms with van der Waals surface area (Å²) in [6.07, 6.45) is 0. The molecule has 1 N–H and O–H groups in total. The Morgan fingerprint density at radius 2 is 1.83 bits per heavy atom. The molecule has 1 heterocycles. The lowest BCUT2D eigenvalue weighted by Gasteiger charge is -2.13. The fourth-order valence-electron chi connectivity index (χ4n) is 2.88. The second-order valence-electron chi connectivity index (χ2n) is 7.04. The second-order valence-corrected chi connectivity index (χ2v) is 10.2. The van der Waals surface area contributed by atoms with Crippen molar-refractivity contribution in [3.63, 3.8) is 0 Å². The smallest absolute Gasteiger partial charge is 0.242 e. The number of aromatic nitrogens is 1. The highest BCUT2D eigenvalue weighted by Crippen LogP contribution is 2.27. The number of carbonyl (C=O) groups excluding carboxylic acids is 1. The van der Waals surface area contributed by atoms with Gasteiger partial charge in [0.15, 0.2) is 0 Å². The molecule has 0 aliphatic rings. The predicted octanol–water partition coefficient (Wildman–Crippen LogP) is 3.97. The van der Waals surface area contributed by atoms with Crippen molar-refractivity contribution in [2.45, 2.75) is 23.8 Å². The van der Waals surface area contributed by atoms with Crippen LogP contribution in [0.2, 0.25) is 0 Å². The highest BCUT2D eigenvalue weighted by atomic mass is 32.2. The molecule has 1 amide bonds. The van der Waals surface area contributed by atoms with Gasteiger partial charge in [-0.15, -0.1) is 0 Å². The van der Waals surface area contributed by atoms with Crippen LogP contribution in [0.5, 0.6) is 0 Å². The largest absolute Gasteiger partial charge is 0.325 e. The number of amides is 1. The number of fused-ring (bicyclic) bond motifs is 1. The second kappa shape index (κ2) is 8.71. The Morgan fingerprint density at radius 1 is 1.10 bits per heavy atom. The Morgan fingerprint density at radius 3 is 2.50 bits per heavy atom. The Bertz CT molecular complexity index is 1230. The van der Waals surface area contributed by atoms with Crippen LogP contribution < -0.4 is 5.32 Å². The molecule has 0 bridgehead atoms. The average molecular weight is 448 g/mol. The standard InChI is InChI=1S/C21H22FN3O3S2/c1-13-10-21(29-12-20(26)23-18-7-5-15(22)9-14(18)2)24-19-8-6-16(11-17(13)19)30(27,28)25(3)4/h5-11H,12H2,1-4H3,(H,23,26). The van der Waals surface area contributed by atoms with E-state index in [1.165, 1.54) is 54.4 Å². The number of halogens is 1. The minimum absolute atomic E-state index is 0.141. The summed E-state index contributed by atoms with van der Waals surface area (Å²) in [5.41, 5.74) is 2.74. The first-order valence-electron chi connectivity index (χ1n) is 9.10. The van der Waals surface area contributed by atoms with Crippen molar-refractivity contribution < 1.29 is 17.6 Å². The SMILES string of the molecule is Cc1cc(F)ccc1NC(=O)CSc1cc(C)c2cc(S(=O)(=O)N(C)C)ccc2n1. The fourth-order valence-corrected chi connectivity index (χ4v) is 4.58. The molecule has 3 rings (SSSR count). The Labute approximate surface area is 179 Å². The van der Waals surface area contributed by atoms with Crippen molar-refractivity contribution in [2.24, 2.45) is 0 Å². The van der Waals surface area contributed by atoms with Crippen LogP contribution in [0.3, 0.4) is 0 Å². The normalized spacial score (nSPS) is 11.8. The number of sulfonamides is 1. The van der Waals surface area contributed by atoms with E-state index in [0.717, 1.165) is 10.9 Å². The summed E-state index contributed by atoms with van der Waals surface area (Å²) in [6.45, 7) is 3.60. The first kappa shape index (κ1) is 22.2. The molecule has 0 saturated carbocycles. The summed E-state index contributed by atoms with van der Waals surface area (Å²) in [4.78, 5) is 17.0. The average Bonchev–Trinajstić information content (AvgIpc) is 2.68. The number of anilines is 1. The van der Waals surface area contributed by atoms with Gasteiger partial charge in [0.2, 0.25) is 15.9 Å². The molecule has 0 atom stereocenters. The molecule has 0 unspecified atom stereocenters. The molecular weight excluding hydrogens is 425 g/mol. The van der Waals surface area contributed by atoms with E-state index in [2.05, 4.69) is 10.3 Å². The highest BCUT2D eigenvalue weighted by Gasteiger charge is 2.18. The Kier molecular flexibility index (Phi) is 6.44. The lowest BCUT2D eigenvalue weighted by molar-refractivity contribution is -0.113. The Hall–Kier alpha value is -2.49. The van der Waals surface area contributed by atoms with Crippen molar-refractivity contribution in [1.82, 2.24) is 9.29 Å². The zero-order valence-electron chi connectivity index (χ0n) is 17.1. The van der Waals surface area contributed by atoms with Crippen LogP contribution in [0.4, 0.5) is 10.1 Å². The van der Waals surface area contributed by atoms with E-state index in [1.807, 2.05) is 13.0 Å². The molecule has 0 aliphatic heterocycles. The van der Waals surface area contributed by atoms with Crippen LogP contribution in [0.1, 0.15) is 11.1 Å². The number of aryl methyl sites for hydroxylation is 2. The zero-order valence-corrected chi connectivity index (χ0v) is 18.7. The van der Waals surface area contributed by atoms with E-state index in [-0.39, 0.29) is 22.4 Å². The lowest BCUT2D eigenvalue weighted by Crippen LogP contribution is -2.22. The third-order valence-electron chi connectivity index (χ3n) is 4.56. The van der Waals surface area contributed by atoms with Gasteiger partial charge in [-0.1, -0.05) is 11.8 Å². The number of pyridine rings is 1. The molecule has 0 aliphatic carbocycles. The summed E-state index contributed by atoms with van der Waals surface area (Å²) in [5.74, 6) is -0.430. The van der Waals surface area contributed by atoms with Crippen LogP contribution in [-0.4, -0.2) is 43.5 Å². The van der Waals surface area contributed by atoms with Crippen molar-refractivity contribution in [2.75, 3.05) is 25.2 Å². The third kappa shape index (κ3) is 4.80. The number of nitrogens with zero attached hydrogens (tertiary/aromatic N) is 2. The van der Waals surface area contributed by atoms with E-state index in [4.69, 9.17) is 0 Å². The van der Waals surface area contributed by atoms with Crippen LogP contribution in [0, 0.1) is 19.7 Å². The summed E-state index contributed by atoms with van der Waals surface area (Å²) < 4.78 is 39.1. The number of thioether (sulfide) groups is 1. The maximum Gasteiger partial charge on any atom is 0.242 e. The topological polar surface area (TPSA) is 79.4 Å². The van der Waals surface area contributed by atoms with Crippen LogP contribution in [0.25, 0.3) is 10.9 Å². The van der Waals surface area contributed by atoms with Gasteiger partial charge in [0.05, 0.1) is 21.2 Å². The first-order chi connectivity index (χ1) is 14.1. The molecule has 0 fully saturated rings. The van der Waals surface area contributed by atoms with Gasteiger partial charge in [-0.05, 0) is 67.4 Å². The van der Waals surface area contributed by atoms with Gasteiger partial charge < -0.3 is 5.32 Å². The maximum absolute atomic E-state index is 13.2. The monoisotopic (exact) mass is 447 g/mol. The number of rotatable bonds is 6. The molecule has 6 nitrogen and oxygen atoms in total. The first-order valence-corrected chi connectivity index (χ1v) is 11.5. The van der Waals surface area contributed by atoms with Gasteiger partial charge in [-0.25, -0.2) is 22.1 Å². The molecule has 3 aromatic rings. The van der Waals surface area contributed by atoms with Crippen molar-refractivity contribution >= 4 is 44.3 Å². The van der Waals surface area contributed by atoms with E-state index in [1.54, 1.807) is 19.1 Å². The highest BCUT2D eigenvalue weighted by molar-refractivity contribution is 7.99. The molecule has 158 valence electrons. The maximum atomic E-state index is 13.2. The van der Waals surface area contributed by atoms with E-state index < -0.39 is 10.0 Å². The third-order valence-corrected chi connectivity index (χ3v) is 7.28. The Balaban J connectivity index is 1.76. The van der Waals surface area contributed by atoms with Gasteiger partial charge in [-0.3, -0.25) is 4.79 Å². The molecular formula is C21H22FN3O3S2. The van der Waals surface area contributed by atoms with Gasteiger partial charge >= 0.3 is 0 Å². The van der Waals surface area contributed by atoms with Crippen LogP contribution in [0.15, 0.2) is 52.4 Å². The van der Waals surface area contributed by atoms with Crippen molar-refractivity contribution in [3.8, 4) is 0 Å². The molecule has 1 aromatic heterocycles. The van der Waals surface area contributed by atoms with Gasteiger partial charge in [0, 0.05) is 25.2 Å². The summed E-state index contributed by atoms with van der Waals surface area (Å²) in [6, 6.07) is 10.8. The summed E-state index contributed by atoms with van der Waals surface area (Å²) in [7, 11) is -0.551. The van der Waals surface area contributed by atoms with E-state index in [0.29, 0.717) is 21.8 Å². The minimum atomic E-state index is -3.53. The molecule has 9 heteroatoms. The number of benzene rings is 2. The van der Waals surface area contributed by atoms with Crippen LogP contribution >= 0.6 is 11.8 Å². The fraction of sp³-hybridized carbons (Fsp3) is 0.238.